The number of rotatable bonds is 4. The number of H-pyrrole nitrogens is 1. The Labute approximate surface area is 178 Å². The average molecular weight is 429 g/mol. The molecule has 2 heterocycles. The van der Waals surface area contributed by atoms with E-state index in [9.17, 15) is 14.0 Å². The normalized spacial score (nSPS) is 15.2. The highest BCUT2D eigenvalue weighted by atomic mass is 35.5. The molecule has 30 heavy (non-hydrogen) atoms. The van der Waals surface area contributed by atoms with E-state index in [0.717, 1.165) is 32.4 Å². The first kappa shape index (κ1) is 20.4. The molecule has 156 valence electrons. The molecule has 1 aromatic heterocycles. The highest BCUT2D eigenvalue weighted by Gasteiger charge is 2.23. The number of amides is 1. The van der Waals surface area contributed by atoms with E-state index in [4.69, 9.17) is 16.3 Å². The Kier molecular flexibility index (Phi) is 5.77. The second-order valence-electron chi connectivity index (χ2n) is 7.51. The number of pyridine rings is 1. The number of aromatic nitrogens is 1. The number of carbonyl (C=O) groups excluding carboxylic acids is 1. The zero-order chi connectivity index (χ0) is 21.3. The van der Waals surface area contributed by atoms with Crippen LogP contribution in [0.4, 0.5) is 4.39 Å². The number of likely N-dealkylation sites (tertiary alicyclic amines) is 1. The van der Waals surface area contributed by atoms with Crippen molar-refractivity contribution >= 4 is 28.3 Å². The monoisotopic (exact) mass is 428 g/mol. The lowest BCUT2D eigenvalue weighted by molar-refractivity contribution is -0.138. The zero-order valence-electron chi connectivity index (χ0n) is 16.6. The highest BCUT2D eigenvalue weighted by Crippen LogP contribution is 2.33. The number of aromatic amines is 1. The molecule has 0 unspecified atom stereocenters. The third-order valence-electron chi connectivity index (χ3n) is 5.42. The third kappa shape index (κ3) is 4.05. The molecular formula is C23H22ClFN2O3. The second kappa shape index (κ2) is 8.48. The van der Waals surface area contributed by atoms with Gasteiger partial charge in [-0.15, -0.1) is 0 Å². The SMILES string of the molecule is C[C@@H](Oc1ccc2c(-c3ccc(F)cc3Cl)c[nH]c(=O)c2c1)C(=O)N1CCCCC1. The Morgan fingerprint density at radius 1 is 1.10 bits per heavy atom. The van der Waals surface area contributed by atoms with Gasteiger partial charge in [0.15, 0.2) is 6.10 Å². The third-order valence-corrected chi connectivity index (χ3v) is 5.74. The number of benzene rings is 2. The molecule has 0 bridgehead atoms. The lowest BCUT2D eigenvalue weighted by Crippen LogP contribution is -2.43. The van der Waals surface area contributed by atoms with Gasteiger partial charge in [0.25, 0.3) is 11.5 Å². The summed E-state index contributed by atoms with van der Waals surface area (Å²) in [7, 11) is 0. The molecule has 1 atom stereocenters. The van der Waals surface area contributed by atoms with Gasteiger partial charge in [-0.3, -0.25) is 9.59 Å². The van der Waals surface area contributed by atoms with Gasteiger partial charge in [0.05, 0.1) is 10.4 Å². The van der Waals surface area contributed by atoms with Crippen LogP contribution in [-0.2, 0) is 4.79 Å². The number of ether oxygens (including phenoxy) is 1. The Hall–Kier alpha value is -2.86. The zero-order valence-corrected chi connectivity index (χ0v) is 17.3. The van der Waals surface area contributed by atoms with Crippen molar-refractivity contribution in [3.63, 3.8) is 0 Å². The van der Waals surface area contributed by atoms with E-state index in [1.54, 1.807) is 37.4 Å². The molecule has 1 amide bonds. The summed E-state index contributed by atoms with van der Waals surface area (Å²) in [6.45, 7) is 3.23. The fraction of sp³-hybridized carbons (Fsp3) is 0.304. The van der Waals surface area contributed by atoms with Gasteiger partial charge in [-0.25, -0.2) is 4.39 Å². The Morgan fingerprint density at radius 3 is 2.60 bits per heavy atom. The summed E-state index contributed by atoms with van der Waals surface area (Å²) in [5, 5.41) is 1.32. The molecule has 1 aliphatic heterocycles. The standard InChI is InChI=1S/C23H22ClFN2O3/c1-14(23(29)27-9-3-2-4-10-27)30-16-6-8-17-19(12-16)22(28)26-13-20(17)18-7-5-15(25)11-21(18)24/h5-8,11-14H,2-4,9-10H2,1H3,(H,26,28)/t14-/m1/s1. The van der Waals surface area contributed by atoms with Crippen LogP contribution in [0.25, 0.3) is 21.9 Å². The maximum Gasteiger partial charge on any atom is 0.263 e. The van der Waals surface area contributed by atoms with Gasteiger partial charge in [-0.2, -0.15) is 0 Å². The van der Waals surface area contributed by atoms with E-state index in [1.807, 2.05) is 4.90 Å². The minimum absolute atomic E-state index is 0.0458. The van der Waals surface area contributed by atoms with Gasteiger partial charge >= 0.3 is 0 Å². The summed E-state index contributed by atoms with van der Waals surface area (Å²) in [5.74, 6) is -0.0377. The van der Waals surface area contributed by atoms with Gasteiger partial charge in [0.2, 0.25) is 0 Å². The number of nitrogens with zero attached hydrogens (tertiary/aromatic N) is 1. The molecule has 1 N–H and O–H groups in total. The van der Waals surface area contributed by atoms with Crippen LogP contribution in [0.3, 0.4) is 0 Å². The lowest BCUT2D eigenvalue weighted by Gasteiger charge is -2.29. The molecule has 3 aromatic rings. The van der Waals surface area contributed by atoms with Crippen LogP contribution < -0.4 is 10.3 Å². The molecule has 0 spiro atoms. The van der Waals surface area contributed by atoms with E-state index in [2.05, 4.69) is 4.98 Å². The predicted molar refractivity (Wildman–Crippen MR) is 115 cm³/mol. The fourth-order valence-corrected chi connectivity index (χ4v) is 4.14. The van der Waals surface area contributed by atoms with Crippen LogP contribution >= 0.6 is 11.6 Å². The van der Waals surface area contributed by atoms with Crippen LogP contribution in [0.2, 0.25) is 5.02 Å². The lowest BCUT2D eigenvalue weighted by atomic mass is 10.0. The first-order chi connectivity index (χ1) is 14.4. The smallest absolute Gasteiger partial charge is 0.263 e. The molecule has 0 radical (unpaired) electrons. The topological polar surface area (TPSA) is 62.4 Å². The number of fused-ring (bicyclic) bond motifs is 1. The van der Waals surface area contributed by atoms with Gasteiger partial charge in [0, 0.05) is 30.4 Å². The maximum absolute atomic E-state index is 13.4. The first-order valence-electron chi connectivity index (χ1n) is 10.0. The maximum atomic E-state index is 13.4. The van der Waals surface area contributed by atoms with Crippen LogP contribution in [0, 0.1) is 5.82 Å². The van der Waals surface area contributed by atoms with Crippen molar-refractivity contribution in [2.45, 2.75) is 32.3 Å². The number of carbonyl (C=O) groups is 1. The van der Waals surface area contributed by atoms with Crippen molar-refractivity contribution in [2.24, 2.45) is 0 Å². The second-order valence-corrected chi connectivity index (χ2v) is 7.92. The quantitative estimate of drug-likeness (QED) is 0.651. The molecule has 7 heteroatoms. The van der Waals surface area contributed by atoms with Gasteiger partial charge in [0.1, 0.15) is 11.6 Å². The number of hydrogen-bond acceptors (Lipinski definition) is 3. The molecule has 1 saturated heterocycles. The van der Waals surface area contributed by atoms with Gasteiger partial charge < -0.3 is 14.6 Å². The summed E-state index contributed by atoms with van der Waals surface area (Å²) < 4.78 is 19.3. The van der Waals surface area contributed by atoms with E-state index < -0.39 is 11.9 Å². The Morgan fingerprint density at radius 2 is 1.87 bits per heavy atom. The fourth-order valence-electron chi connectivity index (χ4n) is 3.87. The number of piperidine rings is 1. The van der Waals surface area contributed by atoms with Gasteiger partial charge in [-0.1, -0.05) is 11.6 Å². The number of halogens is 2. The molecule has 0 saturated carbocycles. The van der Waals surface area contributed by atoms with Crippen molar-refractivity contribution in [2.75, 3.05) is 13.1 Å². The minimum Gasteiger partial charge on any atom is -0.481 e. The summed E-state index contributed by atoms with van der Waals surface area (Å²) in [6.07, 6.45) is 4.09. The summed E-state index contributed by atoms with van der Waals surface area (Å²) in [6, 6.07) is 9.24. The summed E-state index contributed by atoms with van der Waals surface area (Å²) in [5.41, 5.74) is 1.01. The van der Waals surface area contributed by atoms with Crippen molar-refractivity contribution in [3.8, 4) is 16.9 Å². The molecule has 4 rings (SSSR count). The molecular weight excluding hydrogens is 407 g/mol. The van der Waals surface area contributed by atoms with E-state index >= 15 is 0 Å². The van der Waals surface area contributed by atoms with Crippen molar-refractivity contribution < 1.29 is 13.9 Å². The predicted octanol–water partition coefficient (Wildman–Crippen LogP) is 4.77. The Bertz CT molecular complexity index is 1150. The first-order valence-corrected chi connectivity index (χ1v) is 10.4. The van der Waals surface area contributed by atoms with Crippen LogP contribution in [-0.4, -0.2) is 35.0 Å². The van der Waals surface area contributed by atoms with Crippen molar-refractivity contribution in [1.29, 1.82) is 0 Å². The van der Waals surface area contributed by atoms with E-state index in [0.29, 0.717) is 27.6 Å². The Balaban J connectivity index is 1.65. The van der Waals surface area contributed by atoms with Gasteiger partial charge in [-0.05, 0) is 68.0 Å². The van der Waals surface area contributed by atoms with Crippen LogP contribution in [0.1, 0.15) is 26.2 Å². The van der Waals surface area contributed by atoms with Crippen molar-refractivity contribution in [1.82, 2.24) is 9.88 Å². The largest absolute Gasteiger partial charge is 0.481 e. The molecule has 0 aliphatic carbocycles. The highest BCUT2D eigenvalue weighted by molar-refractivity contribution is 6.33. The molecule has 1 fully saturated rings. The summed E-state index contributed by atoms with van der Waals surface area (Å²) in [4.78, 5) is 29.6. The van der Waals surface area contributed by atoms with Crippen LogP contribution in [0.5, 0.6) is 5.75 Å². The van der Waals surface area contributed by atoms with E-state index in [-0.39, 0.29) is 16.5 Å². The number of nitrogens with one attached hydrogen (secondary N) is 1. The van der Waals surface area contributed by atoms with Crippen molar-refractivity contribution in [3.05, 3.63) is 63.8 Å². The molecule has 2 aromatic carbocycles. The number of hydrogen-bond donors (Lipinski definition) is 1. The minimum atomic E-state index is -0.644. The molecule has 1 aliphatic rings. The van der Waals surface area contributed by atoms with Crippen LogP contribution in [0.15, 0.2) is 47.4 Å². The average Bonchev–Trinajstić information content (AvgIpc) is 2.75. The molecule has 5 nitrogen and oxygen atoms in total. The van der Waals surface area contributed by atoms with E-state index in [1.165, 1.54) is 12.1 Å². The summed E-state index contributed by atoms with van der Waals surface area (Å²) >= 11 is 6.21.